The number of aryl methyl sites for hydroxylation is 1. The molecule has 0 saturated carbocycles. The number of nitrogens with one attached hydrogen (secondary N) is 1. The molecule has 1 atom stereocenters. The Labute approximate surface area is 133 Å². The average Bonchev–Trinajstić information content (AvgIpc) is 2.80. The third-order valence-electron chi connectivity index (χ3n) is 3.64. The van der Waals surface area contributed by atoms with Gasteiger partial charge in [-0.1, -0.05) is 18.2 Å². The summed E-state index contributed by atoms with van der Waals surface area (Å²) in [4.78, 5) is 34.0. The van der Waals surface area contributed by atoms with Crippen LogP contribution in [0, 0.1) is 0 Å². The number of rotatable bonds is 7. The standard InChI is InChI=1S/C16H19N3O4/c1-19-9-10(11-4-2-3-5-13(11)19)8-15(21)18-12(16(22)23)6-7-14(17)20/h2-5,9,12H,6-8H2,1H3,(H2,17,20)(H,18,21)(H,22,23). The number of benzene rings is 1. The first kappa shape index (κ1) is 16.5. The van der Waals surface area contributed by atoms with E-state index < -0.39 is 23.8 Å². The van der Waals surface area contributed by atoms with Crippen LogP contribution in [0.4, 0.5) is 0 Å². The van der Waals surface area contributed by atoms with Gasteiger partial charge in [0.05, 0.1) is 6.42 Å². The molecule has 2 amide bonds. The van der Waals surface area contributed by atoms with E-state index in [0.717, 1.165) is 16.5 Å². The molecule has 0 saturated heterocycles. The maximum Gasteiger partial charge on any atom is 0.326 e. The minimum atomic E-state index is -1.18. The Bertz CT molecular complexity index is 751. The molecule has 0 bridgehead atoms. The molecular weight excluding hydrogens is 298 g/mol. The SMILES string of the molecule is Cn1cc(CC(=O)NC(CCC(N)=O)C(=O)O)c2ccccc21. The van der Waals surface area contributed by atoms with Gasteiger partial charge in [-0.25, -0.2) is 4.79 Å². The summed E-state index contributed by atoms with van der Waals surface area (Å²) >= 11 is 0. The predicted octanol–water partition coefficient (Wildman–Crippen LogP) is 0.556. The minimum absolute atomic E-state index is 0.0219. The molecule has 1 aromatic heterocycles. The van der Waals surface area contributed by atoms with Crippen LogP contribution in [-0.4, -0.2) is 33.5 Å². The lowest BCUT2D eigenvalue weighted by Crippen LogP contribution is -2.42. The Morgan fingerprint density at radius 2 is 2.00 bits per heavy atom. The van der Waals surface area contributed by atoms with Gasteiger partial charge in [0, 0.05) is 30.6 Å². The minimum Gasteiger partial charge on any atom is -0.480 e. The van der Waals surface area contributed by atoms with Crippen LogP contribution in [-0.2, 0) is 27.9 Å². The van der Waals surface area contributed by atoms with Gasteiger partial charge in [0.25, 0.3) is 0 Å². The summed E-state index contributed by atoms with van der Waals surface area (Å²) in [6.07, 6.45) is 1.81. The zero-order valence-electron chi connectivity index (χ0n) is 12.8. The van der Waals surface area contributed by atoms with Crippen molar-refractivity contribution in [3.8, 4) is 0 Å². The van der Waals surface area contributed by atoms with E-state index in [-0.39, 0.29) is 19.3 Å². The van der Waals surface area contributed by atoms with E-state index >= 15 is 0 Å². The van der Waals surface area contributed by atoms with Crippen LogP contribution in [0.5, 0.6) is 0 Å². The lowest BCUT2D eigenvalue weighted by molar-refractivity contribution is -0.142. The number of hydrogen-bond donors (Lipinski definition) is 3. The fourth-order valence-electron chi connectivity index (χ4n) is 2.53. The number of carbonyl (C=O) groups is 3. The van der Waals surface area contributed by atoms with Crippen molar-refractivity contribution in [3.05, 3.63) is 36.0 Å². The molecule has 122 valence electrons. The Kier molecular flexibility index (Phi) is 5.00. The first-order valence-corrected chi connectivity index (χ1v) is 7.22. The molecular formula is C16H19N3O4. The fourth-order valence-corrected chi connectivity index (χ4v) is 2.53. The van der Waals surface area contributed by atoms with Gasteiger partial charge >= 0.3 is 5.97 Å². The van der Waals surface area contributed by atoms with E-state index in [0.29, 0.717) is 0 Å². The predicted molar refractivity (Wildman–Crippen MR) is 84.6 cm³/mol. The Morgan fingerprint density at radius 1 is 1.30 bits per heavy atom. The second kappa shape index (κ2) is 6.95. The van der Waals surface area contributed by atoms with E-state index in [4.69, 9.17) is 10.8 Å². The summed E-state index contributed by atoms with van der Waals surface area (Å²) in [7, 11) is 1.89. The number of nitrogens with zero attached hydrogens (tertiary/aromatic N) is 1. The topological polar surface area (TPSA) is 114 Å². The molecule has 0 aliphatic carbocycles. The molecule has 0 spiro atoms. The van der Waals surface area contributed by atoms with Crippen molar-refractivity contribution in [2.45, 2.75) is 25.3 Å². The van der Waals surface area contributed by atoms with Gasteiger partial charge in [-0.15, -0.1) is 0 Å². The van der Waals surface area contributed by atoms with Crippen LogP contribution in [0.25, 0.3) is 10.9 Å². The molecule has 1 aromatic carbocycles. The van der Waals surface area contributed by atoms with Crippen molar-refractivity contribution in [2.24, 2.45) is 12.8 Å². The zero-order valence-corrected chi connectivity index (χ0v) is 12.8. The number of carboxylic acid groups (broad SMARTS) is 1. The summed E-state index contributed by atoms with van der Waals surface area (Å²) in [6.45, 7) is 0. The Balaban J connectivity index is 2.08. The van der Waals surface area contributed by atoms with Crippen molar-refractivity contribution >= 4 is 28.7 Å². The molecule has 23 heavy (non-hydrogen) atoms. The van der Waals surface area contributed by atoms with Crippen molar-refractivity contribution < 1.29 is 19.5 Å². The van der Waals surface area contributed by atoms with Crippen molar-refractivity contribution in [1.82, 2.24) is 9.88 Å². The number of primary amides is 1. The highest BCUT2D eigenvalue weighted by Gasteiger charge is 2.21. The van der Waals surface area contributed by atoms with Crippen LogP contribution in [0.1, 0.15) is 18.4 Å². The van der Waals surface area contributed by atoms with Crippen molar-refractivity contribution in [3.63, 3.8) is 0 Å². The largest absolute Gasteiger partial charge is 0.480 e. The number of carbonyl (C=O) groups excluding carboxylic acids is 2. The number of fused-ring (bicyclic) bond motifs is 1. The Morgan fingerprint density at radius 3 is 2.65 bits per heavy atom. The summed E-state index contributed by atoms with van der Waals surface area (Å²) in [6, 6.07) is 6.54. The molecule has 0 radical (unpaired) electrons. The second-order valence-electron chi connectivity index (χ2n) is 5.42. The molecule has 0 fully saturated rings. The third kappa shape index (κ3) is 4.09. The van der Waals surface area contributed by atoms with E-state index in [1.54, 1.807) is 0 Å². The molecule has 1 unspecified atom stereocenters. The number of carboxylic acids is 1. The highest BCUT2D eigenvalue weighted by atomic mass is 16.4. The average molecular weight is 317 g/mol. The lowest BCUT2D eigenvalue weighted by Gasteiger charge is -2.13. The quantitative estimate of drug-likeness (QED) is 0.692. The number of aliphatic carboxylic acids is 1. The number of aromatic nitrogens is 1. The summed E-state index contributed by atoms with van der Waals surface area (Å²) in [5.74, 6) is -2.18. The monoisotopic (exact) mass is 317 g/mol. The van der Waals surface area contributed by atoms with E-state index in [1.807, 2.05) is 42.1 Å². The van der Waals surface area contributed by atoms with Gasteiger partial charge in [0.2, 0.25) is 11.8 Å². The highest BCUT2D eigenvalue weighted by molar-refractivity contribution is 5.91. The lowest BCUT2D eigenvalue weighted by atomic mass is 10.1. The maximum atomic E-state index is 12.1. The Hall–Kier alpha value is -2.83. The summed E-state index contributed by atoms with van der Waals surface area (Å²) in [5, 5.41) is 12.5. The van der Waals surface area contributed by atoms with Crippen LogP contribution in [0.15, 0.2) is 30.5 Å². The van der Waals surface area contributed by atoms with Gasteiger partial charge in [0.15, 0.2) is 0 Å². The summed E-state index contributed by atoms with van der Waals surface area (Å²) < 4.78 is 1.92. The van der Waals surface area contributed by atoms with Crippen LogP contribution < -0.4 is 11.1 Å². The van der Waals surface area contributed by atoms with Gasteiger partial charge < -0.3 is 20.7 Å². The molecule has 1 heterocycles. The zero-order chi connectivity index (χ0) is 17.0. The first-order valence-electron chi connectivity index (χ1n) is 7.22. The van der Waals surface area contributed by atoms with Gasteiger partial charge in [-0.3, -0.25) is 9.59 Å². The fraction of sp³-hybridized carbons (Fsp3) is 0.312. The number of amides is 2. The maximum absolute atomic E-state index is 12.1. The van der Waals surface area contributed by atoms with Crippen LogP contribution >= 0.6 is 0 Å². The molecule has 7 nitrogen and oxygen atoms in total. The van der Waals surface area contributed by atoms with Gasteiger partial charge in [-0.2, -0.15) is 0 Å². The normalized spacial score (nSPS) is 12.0. The van der Waals surface area contributed by atoms with Crippen molar-refractivity contribution in [1.29, 1.82) is 0 Å². The van der Waals surface area contributed by atoms with E-state index in [1.165, 1.54) is 0 Å². The molecule has 4 N–H and O–H groups in total. The summed E-state index contributed by atoms with van der Waals surface area (Å²) in [5.41, 5.74) is 6.83. The molecule has 7 heteroatoms. The van der Waals surface area contributed by atoms with Gasteiger partial charge in [-0.05, 0) is 18.1 Å². The third-order valence-corrected chi connectivity index (χ3v) is 3.64. The van der Waals surface area contributed by atoms with Crippen molar-refractivity contribution in [2.75, 3.05) is 0 Å². The molecule has 2 aromatic rings. The van der Waals surface area contributed by atoms with E-state index in [2.05, 4.69) is 5.32 Å². The van der Waals surface area contributed by atoms with Gasteiger partial charge in [0.1, 0.15) is 6.04 Å². The first-order chi connectivity index (χ1) is 10.9. The molecule has 0 aliphatic heterocycles. The molecule has 0 aliphatic rings. The van der Waals surface area contributed by atoms with Crippen LogP contribution in [0.3, 0.4) is 0 Å². The number of hydrogen-bond acceptors (Lipinski definition) is 3. The smallest absolute Gasteiger partial charge is 0.326 e. The number of para-hydroxylation sites is 1. The highest BCUT2D eigenvalue weighted by Crippen LogP contribution is 2.20. The number of nitrogens with two attached hydrogens (primary N) is 1. The molecule has 2 rings (SSSR count). The van der Waals surface area contributed by atoms with Crippen LogP contribution in [0.2, 0.25) is 0 Å². The second-order valence-corrected chi connectivity index (χ2v) is 5.42. The van der Waals surface area contributed by atoms with E-state index in [9.17, 15) is 14.4 Å².